The molecule has 11 nitrogen and oxygen atoms in total. The molecule has 0 spiro atoms. The Morgan fingerprint density at radius 1 is 1.26 bits per heavy atom. The lowest BCUT2D eigenvalue weighted by Gasteiger charge is -2.49. The van der Waals surface area contributed by atoms with E-state index in [0.717, 1.165) is 0 Å². The maximum absolute atomic E-state index is 11.9. The molecule has 4 rings (SSSR count). The van der Waals surface area contributed by atoms with Crippen molar-refractivity contribution in [2.24, 2.45) is 0 Å². The van der Waals surface area contributed by atoms with Gasteiger partial charge in [0.1, 0.15) is 23.4 Å². The summed E-state index contributed by atoms with van der Waals surface area (Å²) in [6.45, 7) is 1.91. The summed E-state index contributed by atoms with van der Waals surface area (Å²) in [5.74, 6) is 1.55. The molecule has 0 saturated heterocycles. The first-order valence-electron chi connectivity index (χ1n) is 10.9. The third-order valence-corrected chi connectivity index (χ3v) is 6.24. The Labute approximate surface area is 202 Å². The lowest BCUT2D eigenvalue weighted by Crippen LogP contribution is -2.62. The number of para-hydroxylation sites is 2. The van der Waals surface area contributed by atoms with Crippen molar-refractivity contribution in [3.05, 3.63) is 76.4 Å². The molecule has 0 saturated carbocycles. The van der Waals surface area contributed by atoms with E-state index in [2.05, 4.69) is 9.97 Å². The van der Waals surface area contributed by atoms with Gasteiger partial charge in [-0.3, -0.25) is 10.1 Å². The van der Waals surface area contributed by atoms with E-state index in [1.165, 1.54) is 32.4 Å². The van der Waals surface area contributed by atoms with Gasteiger partial charge in [0.05, 0.1) is 30.3 Å². The number of rotatable bonds is 9. The second-order valence-corrected chi connectivity index (χ2v) is 8.29. The van der Waals surface area contributed by atoms with E-state index in [1.807, 2.05) is 23.1 Å². The summed E-state index contributed by atoms with van der Waals surface area (Å²) >= 11 is 0. The van der Waals surface area contributed by atoms with E-state index < -0.39 is 29.0 Å². The maximum Gasteiger partial charge on any atom is 0.270 e. The van der Waals surface area contributed by atoms with E-state index in [1.54, 1.807) is 32.5 Å². The molecule has 11 heteroatoms. The van der Waals surface area contributed by atoms with Gasteiger partial charge in [-0.2, -0.15) is 0 Å². The van der Waals surface area contributed by atoms with Crippen LogP contribution in [0.1, 0.15) is 24.4 Å². The van der Waals surface area contributed by atoms with Gasteiger partial charge in [0.25, 0.3) is 5.69 Å². The van der Waals surface area contributed by atoms with Crippen LogP contribution in [0.3, 0.4) is 0 Å². The lowest BCUT2D eigenvalue weighted by molar-refractivity contribution is -0.385. The normalized spacial score (nSPS) is 21.3. The zero-order valence-corrected chi connectivity index (χ0v) is 19.9. The van der Waals surface area contributed by atoms with Crippen molar-refractivity contribution in [2.75, 3.05) is 26.2 Å². The molecule has 35 heavy (non-hydrogen) atoms. The number of nitrogens with one attached hydrogen (secondary N) is 1. The molecule has 3 atom stereocenters. The molecule has 0 radical (unpaired) electrons. The summed E-state index contributed by atoms with van der Waals surface area (Å²) < 4.78 is 22.8. The predicted octanol–water partition coefficient (Wildman–Crippen LogP) is 3.21. The van der Waals surface area contributed by atoms with Crippen LogP contribution in [-0.4, -0.2) is 59.3 Å². The Morgan fingerprint density at radius 3 is 2.63 bits per heavy atom. The smallest absolute Gasteiger partial charge is 0.270 e. The highest BCUT2D eigenvalue weighted by atomic mass is 16.7. The van der Waals surface area contributed by atoms with Gasteiger partial charge in [0, 0.05) is 44.3 Å². The van der Waals surface area contributed by atoms with Gasteiger partial charge < -0.3 is 33.9 Å². The van der Waals surface area contributed by atoms with Crippen molar-refractivity contribution >= 4 is 11.4 Å². The van der Waals surface area contributed by atoms with Crippen LogP contribution in [-0.2, 0) is 16.0 Å². The third kappa shape index (κ3) is 4.41. The Hall–Kier alpha value is -3.67. The lowest BCUT2D eigenvalue weighted by atomic mass is 9.83. The Balaban J connectivity index is 1.95. The number of aliphatic hydroxyl groups is 1. The number of hydrogen-bond acceptors (Lipinski definition) is 9. The molecule has 0 bridgehead atoms. The van der Waals surface area contributed by atoms with Gasteiger partial charge in [-0.05, 0) is 25.1 Å². The van der Waals surface area contributed by atoms with Gasteiger partial charge in [-0.15, -0.1) is 0 Å². The summed E-state index contributed by atoms with van der Waals surface area (Å²) in [7, 11) is 4.46. The average molecular weight is 485 g/mol. The fourth-order valence-corrected chi connectivity index (χ4v) is 4.59. The van der Waals surface area contributed by atoms with E-state index >= 15 is 0 Å². The van der Waals surface area contributed by atoms with Gasteiger partial charge >= 0.3 is 0 Å². The molecule has 0 amide bonds. The van der Waals surface area contributed by atoms with Gasteiger partial charge in [0.2, 0.25) is 0 Å². The molecule has 3 aromatic rings. The van der Waals surface area contributed by atoms with Crippen molar-refractivity contribution < 1.29 is 29.0 Å². The SMILES string of the molecule is COc1ccccc1N(Cc1ncc[nH]1)C1c2cc([N+](=O)[O-])ccc2OC(C)(C(OC)OC)C1O. The number of ether oxygens (including phenoxy) is 4. The topological polar surface area (TPSA) is 132 Å². The molecule has 0 fully saturated rings. The van der Waals surface area contributed by atoms with Gasteiger partial charge in [-0.1, -0.05) is 12.1 Å². The number of H-pyrrole nitrogens is 1. The zero-order chi connectivity index (χ0) is 25.2. The number of aliphatic hydroxyl groups excluding tert-OH is 1. The monoisotopic (exact) mass is 484 g/mol. The summed E-state index contributed by atoms with van der Waals surface area (Å²) in [6, 6.07) is 10.8. The number of non-ortho nitro benzene ring substituents is 1. The molecule has 2 heterocycles. The largest absolute Gasteiger partial charge is 0.495 e. The average Bonchev–Trinajstić information content (AvgIpc) is 3.37. The molecule has 2 aromatic carbocycles. The van der Waals surface area contributed by atoms with Crippen LogP contribution in [0, 0.1) is 10.1 Å². The number of fused-ring (bicyclic) bond motifs is 1. The second-order valence-electron chi connectivity index (χ2n) is 8.29. The van der Waals surface area contributed by atoms with Crippen LogP contribution in [0.2, 0.25) is 0 Å². The summed E-state index contributed by atoms with van der Waals surface area (Å²) in [6.07, 6.45) is 1.14. The van der Waals surface area contributed by atoms with E-state index in [0.29, 0.717) is 28.6 Å². The number of aromatic nitrogens is 2. The first kappa shape index (κ1) is 24.5. The number of benzene rings is 2. The zero-order valence-electron chi connectivity index (χ0n) is 19.9. The number of nitrogens with zero attached hydrogens (tertiary/aromatic N) is 3. The minimum atomic E-state index is -1.36. The summed E-state index contributed by atoms with van der Waals surface area (Å²) in [4.78, 5) is 20.5. The first-order valence-corrected chi connectivity index (χ1v) is 10.9. The highest BCUT2D eigenvalue weighted by Crippen LogP contribution is 2.48. The quantitative estimate of drug-likeness (QED) is 0.267. The fourth-order valence-electron chi connectivity index (χ4n) is 4.59. The van der Waals surface area contributed by atoms with Crippen molar-refractivity contribution in [2.45, 2.75) is 37.5 Å². The number of hydrogen-bond donors (Lipinski definition) is 2. The Bertz CT molecular complexity index is 1170. The summed E-state index contributed by atoms with van der Waals surface area (Å²) in [5, 5.41) is 23.5. The predicted molar refractivity (Wildman–Crippen MR) is 126 cm³/mol. The van der Waals surface area contributed by atoms with Crippen molar-refractivity contribution in [3.8, 4) is 11.5 Å². The molecule has 186 valence electrons. The number of imidazole rings is 1. The van der Waals surface area contributed by atoms with Crippen LogP contribution in [0.15, 0.2) is 54.9 Å². The highest BCUT2D eigenvalue weighted by Gasteiger charge is 2.54. The van der Waals surface area contributed by atoms with Crippen molar-refractivity contribution in [1.29, 1.82) is 0 Å². The summed E-state index contributed by atoms with van der Waals surface area (Å²) in [5.41, 5.74) is -0.391. The molecule has 0 aliphatic carbocycles. The van der Waals surface area contributed by atoms with Crippen molar-refractivity contribution in [1.82, 2.24) is 9.97 Å². The molecular weight excluding hydrogens is 456 g/mol. The van der Waals surface area contributed by atoms with Crippen molar-refractivity contribution in [3.63, 3.8) is 0 Å². The van der Waals surface area contributed by atoms with E-state index in [4.69, 9.17) is 18.9 Å². The molecular formula is C24H28N4O7. The number of nitro benzene ring substituents is 1. The molecule has 2 N–H and O–H groups in total. The Kier molecular flexibility index (Phi) is 6.92. The maximum atomic E-state index is 11.9. The van der Waals surface area contributed by atoms with Crippen LogP contribution < -0.4 is 14.4 Å². The van der Waals surface area contributed by atoms with E-state index in [-0.39, 0.29) is 12.2 Å². The third-order valence-electron chi connectivity index (χ3n) is 6.24. The highest BCUT2D eigenvalue weighted by molar-refractivity contribution is 5.62. The molecule has 1 aliphatic rings. The van der Waals surface area contributed by atoms with Gasteiger partial charge in [0.15, 0.2) is 11.9 Å². The minimum Gasteiger partial charge on any atom is -0.495 e. The fraction of sp³-hybridized carbons (Fsp3) is 0.375. The first-order chi connectivity index (χ1) is 16.8. The van der Waals surface area contributed by atoms with Crippen LogP contribution in [0.25, 0.3) is 0 Å². The number of anilines is 1. The van der Waals surface area contributed by atoms with E-state index in [9.17, 15) is 15.2 Å². The van der Waals surface area contributed by atoms with Crippen LogP contribution in [0.5, 0.6) is 11.5 Å². The number of nitro groups is 1. The standard InChI is InChI=1S/C24H28N4O7/c1-24(23(33-3)34-4)22(29)21(16-13-15(28(30)31)9-10-18(16)35-24)27(14-20-25-11-12-26-20)17-7-5-6-8-19(17)32-2/h5-13,21-23,29H,14H2,1-4H3,(H,25,26). The number of aromatic amines is 1. The molecule has 1 aliphatic heterocycles. The molecule has 3 unspecified atom stereocenters. The second kappa shape index (κ2) is 9.90. The van der Waals surface area contributed by atoms with Crippen LogP contribution >= 0.6 is 0 Å². The minimum absolute atomic E-state index is 0.124. The molecule has 1 aromatic heterocycles. The van der Waals surface area contributed by atoms with Gasteiger partial charge in [-0.25, -0.2) is 4.98 Å². The van der Waals surface area contributed by atoms with Crippen LogP contribution in [0.4, 0.5) is 11.4 Å². The number of methoxy groups -OCH3 is 3. The Morgan fingerprint density at radius 2 is 2.00 bits per heavy atom.